The molecular weight excluding hydrogens is 206 g/mol. The highest BCUT2D eigenvalue weighted by Gasteiger charge is 2.07. The van der Waals surface area contributed by atoms with Gasteiger partial charge in [0.2, 0.25) is 17.0 Å². The molecule has 0 aliphatic rings. The number of hydrogen-bond donors (Lipinski definition) is 1. The van der Waals surface area contributed by atoms with Crippen molar-refractivity contribution < 1.29 is 4.74 Å². The van der Waals surface area contributed by atoms with Gasteiger partial charge in [-0.25, -0.2) is 15.1 Å². The van der Waals surface area contributed by atoms with Crippen LogP contribution in [0.15, 0.2) is 12.4 Å². The Kier molecular flexibility index (Phi) is 2.28. The number of aromatic nitrogens is 5. The van der Waals surface area contributed by atoms with Gasteiger partial charge < -0.3 is 4.74 Å². The molecule has 14 heavy (non-hydrogen) atoms. The fraction of sp³-hybridized carbons (Fsp3) is 0.143. The zero-order valence-corrected chi connectivity index (χ0v) is 7.99. The van der Waals surface area contributed by atoms with Crippen LogP contribution < -0.4 is 4.74 Å². The Hall–Kier alpha value is -1.69. The summed E-state index contributed by atoms with van der Waals surface area (Å²) in [5, 5.41) is 6.58. The van der Waals surface area contributed by atoms with E-state index in [-0.39, 0.29) is 5.28 Å². The molecule has 0 aliphatic carbocycles. The molecule has 2 aromatic rings. The van der Waals surface area contributed by atoms with Gasteiger partial charge in [-0.1, -0.05) is 0 Å². The molecule has 2 aromatic heterocycles. The van der Waals surface area contributed by atoms with E-state index in [9.17, 15) is 0 Å². The first-order valence-electron chi connectivity index (χ1n) is 3.74. The SMILES string of the molecule is COc1cc(-c2n[nH]c(Cl)n2)ncn1. The minimum absolute atomic E-state index is 0.220. The summed E-state index contributed by atoms with van der Waals surface area (Å²) in [6, 6.07) is 1.62. The van der Waals surface area contributed by atoms with Crippen LogP contribution in [-0.2, 0) is 0 Å². The molecule has 72 valence electrons. The summed E-state index contributed by atoms with van der Waals surface area (Å²) >= 11 is 5.58. The minimum atomic E-state index is 0.220. The Bertz CT molecular complexity index is 443. The molecule has 0 aliphatic heterocycles. The molecule has 0 saturated heterocycles. The molecule has 2 heterocycles. The number of hydrogen-bond acceptors (Lipinski definition) is 5. The molecule has 1 N–H and O–H groups in total. The van der Waals surface area contributed by atoms with Gasteiger partial charge in [-0.15, -0.1) is 0 Å². The van der Waals surface area contributed by atoms with Crippen LogP contribution >= 0.6 is 11.6 Å². The molecule has 7 heteroatoms. The van der Waals surface area contributed by atoms with E-state index in [4.69, 9.17) is 16.3 Å². The third-order valence-electron chi connectivity index (χ3n) is 1.54. The van der Waals surface area contributed by atoms with Crippen molar-refractivity contribution in [1.82, 2.24) is 25.1 Å². The van der Waals surface area contributed by atoms with Crippen LogP contribution in [0.3, 0.4) is 0 Å². The standard InChI is InChI=1S/C7H6ClN5O/c1-14-5-2-4(9-3-10-5)6-11-7(8)13-12-6/h2-3H,1H3,(H,11,12,13). The molecule has 0 spiro atoms. The van der Waals surface area contributed by atoms with Crippen molar-refractivity contribution in [1.29, 1.82) is 0 Å². The van der Waals surface area contributed by atoms with Gasteiger partial charge in [0.05, 0.1) is 7.11 Å². The number of ether oxygens (including phenoxy) is 1. The van der Waals surface area contributed by atoms with E-state index < -0.39 is 0 Å². The zero-order chi connectivity index (χ0) is 9.97. The van der Waals surface area contributed by atoms with Crippen LogP contribution in [0.4, 0.5) is 0 Å². The van der Waals surface area contributed by atoms with Crippen molar-refractivity contribution in [3.8, 4) is 17.4 Å². The number of rotatable bonds is 2. The van der Waals surface area contributed by atoms with Gasteiger partial charge in [-0.2, -0.15) is 10.1 Å². The van der Waals surface area contributed by atoms with Crippen molar-refractivity contribution in [3.05, 3.63) is 17.7 Å². The summed E-state index contributed by atoms with van der Waals surface area (Å²) in [6.45, 7) is 0. The predicted octanol–water partition coefficient (Wildman–Crippen LogP) is 0.924. The first-order chi connectivity index (χ1) is 6.79. The number of nitrogens with one attached hydrogen (secondary N) is 1. The van der Waals surface area contributed by atoms with Crippen molar-refractivity contribution in [2.24, 2.45) is 0 Å². The number of nitrogens with zero attached hydrogens (tertiary/aromatic N) is 4. The molecule has 0 radical (unpaired) electrons. The lowest BCUT2D eigenvalue weighted by molar-refractivity contribution is 0.397. The molecule has 0 atom stereocenters. The smallest absolute Gasteiger partial charge is 0.218 e. The monoisotopic (exact) mass is 211 g/mol. The van der Waals surface area contributed by atoms with Crippen LogP contribution in [0.25, 0.3) is 11.5 Å². The second kappa shape index (κ2) is 3.59. The fourth-order valence-electron chi connectivity index (χ4n) is 0.930. The van der Waals surface area contributed by atoms with Crippen molar-refractivity contribution in [3.63, 3.8) is 0 Å². The maximum atomic E-state index is 5.58. The first-order valence-corrected chi connectivity index (χ1v) is 4.11. The summed E-state index contributed by atoms with van der Waals surface area (Å²) in [7, 11) is 1.52. The number of methoxy groups -OCH3 is 1. The van der Waals surface area contributed by atoms with Crippen LogP contribution in [0, 0.1) is 0 Å². The van der Waals surface area contributed by atoms with Gasteiger partial charge in [-0.3, -0.25) is 0 Å². The van der Waals surface area contributed by atoms with E-state index in [2.05, 4.69) is 25.1 Å². The quantitative estimate of drug-likeness (QED) is 0.800. The summed E-state index contributed by atoms with van der Waals surface area (Å²) in [5.74, 6) is 0.867. The Labute approximate surface area is 84.3 Å². The van der Waals surface area contributed by atoms with Gasteiger partial charge in [0.25, 0.3) is 0 Å². The molecule has 0 amide bonds. The van der Waals surface area contributed by atoms with Crippen LogP contribution in [0.5, 0.6) is 5.88 Å². The number of aromatic amines is 1. The first kappa shape index (κ1) is 8.89. The molecule has 6 nitrogen and oxygen atoms in total. The lowest BCUT2D eigenvalue weighted by atomic mass is 10.4. The van der Waals surface area contributed by atoms with E-state index in [1.54, 1.807) is 6.07 Å². The Morgan fingerprint density at radius 2 is 2.29 bits per heavy atom. The fourth-order valence-corrected chi connectivity index (χ4v) is 1.05. The topological polar surface area (TPSA) is 76.6 Å². The zero-order valence-electron chi connectivity index (χ0n) is 7.23. The van der Waals surface area contributed by atoms with Crippen LogP contribution in [0.2, 0.25) is 5.28 Å². The summed E-state index contributed by atoms with van der Waals surface area (Å²) in [4.78, 5) is 11.7. The molecule has 0 bridgehead atoms. The van der Waals surface area contributed by atoms with Crippen molar-refractivity contribution in [2.75, 3.05) is 7.11 Å². The molecule has 0 aromatic carbocycles. The Balaban J connectivity index is 2.41. The molecule has 2 rings (SSSR count). The highest BCUT2D eigenvalue weighted by atomic mass is 35.5. The van der Waals surface area contributed by atoms with Gasteiger partial charge in [0.1, 0.15) is 12.0 Å². The van der Waals surface area contributed by atoms with E-state index in [0.29, 0.717) is 17.4 Å². The molecule has 0 saturated carbocycles. The maximum absolute atomic E-state index is 5.58. The van der Waals surface area contributed by atoms with E-state index in [1.165, 1.54) is 13.4 Å². The summed E-state index contributed by atoms with van der Waals surface area (Å²) in [6.07, 6.45) is 1.37. The largest absolute Gasteiger partial charge is 0.481 e. The lowest BCUT2D eigenvalue weighted by Crippen LogP contribution is -1.91. The number of halogens is 1. The minimum Gasteiger partial charge on any atom is -0.481 e. The van der Waals surface area contributed by atoms with Gasteiger partial charge >= 0.3 is 0 Å². The average molecular weight is 212 g/mol. The number of H-pyrrole nitrogens is 1. The van der Waals surface area contributed by atoms with Crippen LogP contribution in [-0.4, -0.2) is 32.3 Å². The highest BCUT2D eigenvalue weighted by Crippen LogP contribution is 2.16. The second-order valence-corrected chi connectivity index (χ2v) is 2.75. The molecule has 0 fully saturated rings. The second-order valence-electron chi connectivity index (χ2n) is 2.40. The van der Waals surface area contributed by atoms with Crippen LogP contribution in [0.1, 0.15) is 0 Å². The summed E-state index contributed by atoms with van der Waals surface area (Å²) in [5.41, 5.74) is 0.556. The highest BCUT2D eigenvalue weighted by molar-refractivity contribution is 6.28. The average Bonchev–Trinajstić information content (AvgIpc) is 2.65. The predicted molar refractivity (Wildman–Crippen MR) is 49.0 cm³/mol. The third-order valence-corrected chi connectivity index (χ3v) is 1.71. The summed E-state index contributed by atoms with van der Waals surface area (Å²) < 4.78 is 4.93. The lowest BCUT2D eigenvalue weighted by Gasteiger charge is -1.97. The van der Waals surface area contributed by atoms with Crippen molar-refractivity contribution >= 4 is 11.6 Å². The van der Waals surface area contributed by atoms with Crippen molar-refractivity contribution in [2.45, 2.75) is 0 Å². The molecular formula is C7H6ClN5O. The van der Waals surface area contributed by atoms with Gasteiger partial charge in [0.15, 0.2) is 0 Å². The van der Waals surface area contributed by atoms with E-state index in [0.717, 1.165) is 0 Å². The third kappa shape index (κ3) is 1.64. The van der Waals surface area contributed by atoms with E-state index >= 15 is 0 Å². The molecule has 0 unspecified atom stereocenters. The van der Waals surface area contributed by atoms with E-state index in [1.807, 2.05) is 0 Å². The Morgan fingerprint density at radius 1 is 1.43 bits per heavy atom. The van der Waals surface area contributed by atoms with Gasteiger partial charge in [0, 0.05) is 6.07 Å². The normalized spacial score (nSPS) is 10.1. The van der Waals surface area contributed by atoms with Gasteiger partial charge in [-0.05, 0) is 11.6 Å². The maximum Gasteiger partial charge on any atom is 0.218 e. The Morgan fingerprint density at radius 3 is 2.93 bits per heavy atom.